The Labute approximate surface area is 232 Å². The van der Waals surface area contributed by atoms with E-state index >= 15 is 0 Å². The van der Waals surface area contributed by atoms with Crippen LogP contribution in [-0.4, -0.2) is 56.0 Å². The molecule has 1 N–H and O–H groups in total. The molecule has 0 amide bonds. The second-order valence-corrected chi connectivity index (χ2v) is 10.3. The Morgan fingerprint density at radius 2 is 1.93 bits per heavy atom. The number of fused-ring (bicyclic) bond motifs is 2. The normalized spacial score (nSPS) is 13.3. The summed E-state index contributed by atoms with van der Waals surface area (Å²) in [6.45, 7) is 9.35. The number of aryl methyl sites for hydroxylation is 1. The molecule has 1 aliphatic rings. The Morgan fingerprint density at radius 1 is 1.15 bits per heavy atom. The van der Waals surface area contributed by atoms with Crippen molar-refractivity contribution in [2.75, 3.05) is 19.9 Å². The standard InChI is InChI=1S/C29H34N6O5/c1-5-38-26(36)16-35-28(31-32-33-35)27(18(2)3)34(11-10-20-9-7-6-8-19(20)4)15-22-12-21-13-24-25(40-17-39-24)14-23(21)30-29(22)37/h6-9,12-14,18,27H,5,10-11,15-17H2,1-4H3,(H,30,37)/t27-/m0/s1. The zero-order chi connectivity index (χ0) is 28.2. The predicted octanol–water partition coefficient (Wildman–Crippen LogP) is 3.56. The molecule has 210 valence electrons. The molecule has 2 aromatic heterocycles. The Bertz CT molecular complexity index is 1560. The SMILES string of the molecule is CCOC(=O)Cn1nnnc1[C@H](C(C)C)N(CCc1ccccc1C)Cc1cc2cc3c(cc2[nH]c1=O)OCO3. The van der Waals surface area contributed by atoms with Gasteiger partial charge in [-0.05, 0) is 59.9 Å². The van der Waals surface area contributed by atoms with Crippen LogP contribution >= 0.6 is 0 Å². The summed E-state index contributed by atoms with van der Waals surface area (Å²) >= 11 is 0. The highest BCUT2D eigenvalue weighted by molar-refractivity contribution is 5.83. The van der Waals surface area contributed by atoms with Crippen LogP contribution in [0.4, 0.5) is 0 Å². The molecule has 0 radical (unpaired) electrons. The minimum Gasteiger partial charge on any atom is -0.465 e. The van der Waals surface area contributed by atoms with Crippen molar-refractivity contribution in [3.05, 3.63) is 75.3 Å². The zero-order valence-electron chi connectivity index (χ0n) is 23.2. The molecular formula is C29H34N6O5. The maximum Gasteiger partial charge on any atom is 0.327 e. The molecule has 1 atom stereocenters. The Morgan fingerprint density at radius 3 is 2.67 bits per heavy atom. The largest absolute Gasteiger partial charge is 0.465 e. The van der Waals surface area contributed by atoms with Gasteiger partial charge in [-0.25, -0.2) is 4.68 Å². The second-order valence-electron chi connectivity index (χ2n) is 10.3. The number of ether oxygens (including phenoxy) is 3. The number of carbonyl (C=O) groups excluding carboxylic acids is 1. The van der Waals surface area contributed by atoms with Gasteiger partial charge in [0.05, 0.1) is 18.2 Å². The van der Waals surface area contributed by atoms with Crippen molar-refractivity contribution >= 4 is 16.9 Å². The van der Waals surface area contributed by atoms with Crippen molar-refractivity contribution in [2.24, 2.45) is 5.92 Å². The van der Waals surface area contributed by atoms with Crippen LogP contribution in [-0.2, 0) is 29.0 Å². The van der Waals surface area contributed by atoms with Gasteiger partial charge in [0.15, 0.2) is 17.3 Å². The quantitative estimate of drug-likeness (QED) is 0.281. The third-order valence-corrected chi connectivity index (χ3v) is 7.15. The number of tetrazole rings is 1. The van der Waals surface area contributed by atoms with Crippen LogP contribution in [0.2, 0.25) is 0 Å². The van der Waals surface area contributed by atoms with E-state index in [4.69, 9.17) is 14.2 Å². The minimum atomic E-state index is -0.408. The number of nitrogens with zero attached hydrogens (tertiary/aromatic N) is 5. The van der Waals surface area contributed by atoms with E-state index in [1.54, 1.807) is 13.0 Å². The van der Waals surface area contributed by atoms with Gasteiger partial charge in [0.25, 0.3) is 5.56 Å². The molecule has 0 aliphatic carbocycles. The van der Waals surface area contributed by atoms with Crippen LogP contribution in [0.1, 0.15) is 49.3 Å². The van der Waals surface area contributed by atoms with Crippen molar-refractivity contribution in [1.29, 1.82) is 0 Å². The van der Waals surface area contributed by atoms with Crippen molar-refractivity contribution in [3.8, 4) is 11.5 Å². The number of aromatic amines is 1. The fourth-order valence-electron chi connectivity index (χ4n) is 5.20. The Hall–Kier alpha value is -4.25. The lowest BCUT2D eigenvalue weighted by Gasteiger charge is -2.33. The molecule has 2 aromatic carbocycles. The highest BCUT2D eigenvalue weighted by atomic mass is 16.7. The molecular weight excluding hydrogens is 512 g/mol. The topological polar surface area (TPSA) is 124 Å². The summed E-state index contributed by atoms with van der Waals surface area (Å²) in [6, 6.07) is 13.6. The maximum atomic E-state index is 13.3. The van der Waals surface area contributed by atoms with E-state index in [9.17, 15) is 9.59 Å². The summed E-state index contributed by atoms with van der Waals surface area (Å²) in [4.78, 5) is 30.8. The van der Waals surface area contributed by atoms with Gasteiger partial charge in [-0.1, -0.05) is 38.1 Å². The smallest absolute Gasteiger partial charge is 0.327 e. The maximum absolute atomic E-state index is 13.3. The van der Waals surface area contributed by atoms with Crippen molar-refractivity contribution in [1.82, 2.24) is 30.1 Å². The van der Waals surface area contributed by atoms with Gasteiger partial charge in [0.2, 0.25) is 6.79 Å². The van der Waals surface area contributed by atoms with E-state index in [0.29, 0.717) is 41.5 Å². The molecule has 0 saturated heterocycles. The fraction of sp³-hybridized carbons (Fsp3) is 0.414. The third kappa shape index (κ3) is 5.84. The first-order valence-corrected chi connectivity index (χ1v) is 13.5. The molecule has 11 nitrogen and oxygen atoms in total. The number of rotatable bonds is 11. The molecule has 0 spiro atoms. The highest BCUT2D eigenvalue weighted by Crippen LogP contribution is 2.35. The second kappa shape index (κ2) is 11.9. The van der Waals surface area contributed by atoms with Crippen LogP contribution in [0, 0.1) is 12.8 Å². The van der Waals surface area contributed by atoms with Crippen LogP contribution in [0.25, 0.3) is 10.9 Å². The number of aromatic nitrogens is 5. The summed E-state index contributed by atoms with van der Waals surface area (Å²) < 4.78 is 17.7. The van der Waals surface area contributed by atoms with Crippen molar-refractivity contribution < 1.29 is 19.0 Å². The molecule has 11 heteroatoms. The van der Waals surface area contributed by atoms with E-state index < -0.39 is 5.97 Å². The van der Waals surface area contributed by atoms with Gasteiger partial charge in [-0.15, -0.1) is 5.10 Å². The first kappa shape index (κ1) is 27.3. The fourth-order valence-corrected chi connectivity index (χ4v) is 5.20. The Balaban J connectivity index is 1.51. The zero-order valence-corrected chi connectivity index (χ0v) is 23.2. The molecule has 0 saturated carbocycles. The lowest BCUT2D eigenvalue weighted by atomic mass is 9.98. The lowest BCUT2D eigenvalue weighted by molar-refractivity contribution is -0.144. The summed E-state index contributed by atoms with van der Waals surface area (Å²) in [6.07, 6.45) is 0.763. The van der Waals surface area contributed by atoms with Crippen molar-refractivity contribution in [3.63, 3.8) is 0 Å². The van der Waals surface area contributed by atoms with Crippen LogP contribution in [0.5, 0.6) is 11.5 Å². The first-order valence-electron chi connectivity index (χ1n) is 13.5. The van der Waals surface area contributed by atoms with E-state index in [1.807, 2.05) is 24.3 Å². The number of hydrogen-bond donors (Lipinski definition) is 1. The Kier molecular flexibility index (Phi) is 8.11. The average Bonchev–Trinajstić information content (AvgIpc) is 3.56. The van der Waals surface area contributed by atoms with E-state index in [-0.39, 0.29) is 37.5 Å². The van der Waals surface area contributed by atoms with E-state index in [2.05, 4.69) is 58.3 Å². The molecule has 4 aromatic rings. The summed E-state index contributed by atoms with van der Waals surface area (Å²) in [5.74, 6) is 1.48. The summed E-state index contributed by atoms with van der Waals surface area (Å²) in [5, 5.41) is 13.2. The molecule has 3 heterocycles. The van der Waals surface area contributed by atoms with E-state index in [0.717, 1.165) is 11.8 Å². The van der Waals surface area contributed by atoms with Gasteiger partial charge < -0.3 is 19.2 Å². The summed E-state index contributed by atoms with van der Waals surface area (Å²) in [5.41, 5.74) is 3.53. The van der Waals surface area contributed by atoms with Crippen LogP contribution in [0.15, 0.2) is 47.3 Å². The number of esters is 1. The highest BCUT2D eigenvalue weighted by Gasteiger charge is 2.30. The number of carbonyl (C=O) groups is 1. The molecule has 40 heavy (non-hydrogen) atoms. The number of H-pyrrole nitrogens is 1. The molecule has 0 unspecified atom stereocenters. The molecule has 1 aliphatic heterocycles. The first-order chi connectivity index (χ1) is 19.3. The number of hydrogen-bond acceptors (Lipinski definition) is 9. The third-order valence-electron chi connectivity index (χ3n) is 7.15. The number of nitrogens with one attached hydrogen (secondary N) is 1. The van der Waals surface area contributed by atoms with Gasteiger partial charge in [-0.3, -0.25) is 14.5 Å². The van der Waals surface area contributed by atoms with Gasteiger partial charge in [0, 0.05) is 30.1 Å². The van der Waals surface area contributed by atoms with E-state index in [1.165, 1.54) is 15.8 Å². The lowest BCUT2D eigenvalue weighted by Crippen LogP contribution is -2.37. The van der Waals surface area contributed by atoms with Crippen LogP contribution in [0.3, 0.4) is 0 Å². The van der Waals surface area contributed by atoms with Gasteiger partial charge in [0.1, 0.15) is 6.54 Å². The van der Waals surface area contributed by atoms with Gasteiger partial charge in [-0.2, -0.15) is 0 Å². The molecule has 0 fully saturated rings. The number of pyridine rings is 1. The van der Waals surface area contributed by atoms with Crippen molar-refractivity contribution in [2.45, 2.75) is 53.2 Å². The van der Waals surface area contributed by atoms with Gasteiger partial charge >= 0.3 is 5.97 Å². The number of benzene rings is 2. The minimum absolute atomic E-state index is 0.0668. The molecule has 0 bridgehead atoms. The monoisotopic (exact) mass is 546 g/mol. The molecule has 5 rings (SSSR count). The van der Waals surface area contributed by atoms with Crippen LogP contribution < -0.4 is 15.0 Å². The summed E-state index contributed by atoms with van der Waals surface area (Å²) in [7, 11) is 0. The average molecular weight is 547 g/mol. The predicted molar refractivity (Wildman–Crippen MR) is 148 cm³/mol.